The largest absolute Gasteiger partial charge is 0.294 e. The molecule has 0 fully saturated rings. The first kappa shape index (κ1) is 19.4. The molecule has 2 unspecified atom stereocenters. The van der Waals surface area contributed by atoms with Crippen LogP contribution in [-0.2, 0) is 9.59 Å². The van der Waals surface area contributed by atoms with E-state index in [4.69, 9.17) is 0 Å². The minimum atomic E-state index is -0.235. The van der Waals surface area contributed by atoms with Crippen LogP contribution in [0.3, 0.4) is 0 Å². The third-order valence-electron chi connectivity index (χ3n) is 6.35. The highest BCUT2D eigenvalue weighted by atomic mass is 16.2. The minimum Gasteiger partial charge on any atom is -0.294 e. The standard InChI is InChI=1S/C27H24N2O2/c1-18-7-5-11-22(13-18)29-24-14-21(19-8-3-2-4-9-19)15-25(30)27(24)23(16-26(29)31)20-10-6-12-28-17-20/h2-13,17,21,23H,14-16H2,1H3. The number of aryl methyl sites for hydroxylation is 1. The van der Waals surface area contributed by atoms with Gasteiger partial charge in [-0.25, -0.2) is 0 Å². The number of benzene rings is 2. The second-order valence-corrected chi connectivity index (χ2v) is 8.41. The monoisotopic (exact) mass is 408 g/mol. The summed E-state index contributed by atoms with van der Waals surface area (Å²) >= 11 is 0. The van der Waals surface area contributed by atoms with Gasteiger partial charge < -0.3 is 0 Å². The maximum Gasteiger partial charge on any atom is 0.232 e. The summed E-state index contributed by atoms with van der Waals surface area (Å²) in [5.41, 5.74) is 5.62. The van der Waals surface area contributed by atoms with Crippen LogP contribution in [-0.4, -0.2) is 16.7 Å². The van der Waals surface area contributed by atoms with Crippen LogP contribution in [0.4, 0.5) is 5.69 Å². The predicted molar refractivity (Wildman–Crippen MR) is 121 cm³/mol. The SMILES string of the molecule is Cc1cccc(N2C(=O)CC(c3cccnc3)C3=C2CC(c2ccccc2)CC3=O)c1. The molecule has 1 aromatic heterocycles. The summed E-state index contributed by atoms with van der Waals surface area (Å²) < 4.78 is 0. The molecule has 0 saturated carbocycles. The van der Waals surface area contributed by atoms with Gasteiger partial charge in [-0.2, -0.15) is 0 Å². The Kier molecular flexibility index (Phi) is 4.99. The molecule has 0 bridgehead atoms. The fourth-order valence-corrected chi connectivity index (χ4v) is 4.93. The molecule has 1 amide bonds. The fraction of sp³-hybridized carbons (Fsp3) is 0.222. The summed E-state index contributed by atoms with van der Waals surface area (Å²) in [7, 11) is 0. The molecule has 2 aromatic carbocycles. The van der Waals surface area contributed by atoms with Crippen LogP contribution in [0, 0.1) is 6.92 Å². The van der Waals surface area contributed by atoms with Gasteiger partial charge in [-0.3, -0.25) is 19.5 Å². The van der Waals surface area contributed by atoms with Gasteiger partial charge in [-0.15, -0.1) is 0 Å². The lowest BCUT2D eigenvalue weighted by molar-refractivity contribution is -0.120. The van der Waals surface area contributed by atoms with Crippen molar-refractivity contribution < 1.29 is 9.59 Å². The van der Waals surface area contributed by atoms with Crippen LogP contribution >= 0.6 is 0 Å². The van der Waals surface area contributed by atoms with Gasteiger partial charge in [0.1, 0.15) is 0 Å². The molecule has 4 nitrogen and oxygen atoms in total. The van der Waals surface area contributed by atoms with E-state index < -0.39 is 0 Å². The highest BCUT2D eigenvalue weighted by Crippen LogP contribution is 2.46. The Balaban J connectivity index is 1.66. The lowest BCUT2D eigenvalue weighted by atomic mass is 9.73. The second kappa shape index (κ2) is 7.95. The number of anilines is 1. The van der Waals surface area contributed by atoms with E-state index in [1.165, 1.54) is 0 Å². The number of allylic oxidation sites excluding steroid dienone is 2. The molecule has 2 aliphatic rings. The molecule has 0 spiro atoms. The van der Waals surface area contributed by atoms with E-state index in [0.717, 1.165) is 33.6 Å². The van der Waals surface area contributed by atoms with E-state index in [0.29, 0.717) is 12.8 Å². The van der Waals surface area contributed by atoms with Gasteiger partial charge in [-0.05, 0) is 54.2 Å². The van der Waals surface area contributed by atoms with Crippen molar-refractivity contribution in [3.63, 3.8) is 0 Å². The highest BCUT2D eigenvalue weighted by molar-refractivity contribution is 6.07. The maximum atomic E-state index is 13.5. The molecule has 5 rings (SSSR count). The smallest absolute Gasteiger partial charge is 0.232 e. The summed E-state index contributed by atoms with van der Waals surface area (Å²) in [5.74, 6) is -0.00415. The number of hydrogen-bond acceptors (Lipinski definition) is 3. The minimum absolute atomic E-state index is 0.0275. The zero-order valence-electron chi connectivity index (χ0n) is 17.5. The maximum absolute atomic E-state index is 13.5. The van der Waals surface area contributed by atoms with E-state index in [1.807, 2.05) is 61.5 Å². The highest BCUT2D eigenvalue weighted by Gasteiger charge is 2.42. The first-order valence-electron chi connectivity index (χ1n) is 10.7. The van der Waals surface area contributed by atoms with Crippen molar-refractivity contribution in [3.05, 3.63) is 107 Å². The number of ketones is 1. The molecular weight excluding hydrogens is 384 g/mol. The topological polar surface area (TPSA) is 50.3 Å². The van der Waals surface area contributed by atoms with Crippen molar-refractivity contribution in [3.8, 4) is 0 Å². The number of aromatic nitrogens is 1. The number of nitrogens with zero attached hydrogens (tertiary/aromatic N) is 2. The third-order valence-corrected chi connectivity index (χ3v) is 6.35. The molecule has 4 heteroatoms. The van der Waals surface area contributed by atoms with Crippen molar-refractivity contribution in [2.45, 2.75) is 38.0 Å². The van der Waals surface area contributed by atoms with Crippen LogP contribution in [0.1, 0.15) is 47.8 Å². The molecule has 0 N–H and O–H groups in total. The van der Waals surface area contributed by atoms with E-state index in [1.54, 1.807) is 17.3 Å². The van der Waals surface area contributed by atoms with Crippen LogP contribution in [0.5, 0.6) is 0 Å². The molecule has 0 radical (unpaired) electrons. The van der Waals surface area contributed by atoms with Gasteiger partial charge in [-0.1, -0.05) is 48.5 Å². The molecule has 31 heavy (non-hydrogen) atoms. The summed E-state index contributed by atoms with van der Waals surface area (Å²) in [6.45, 7) is 2.02. The Morgan fingerprint density at radius 3 is 2.42 bits per heavy atom. The Labute approximate surface area is 182 Å². The van der Waals surface area contributed by atoms with Crippen molar-refractivity contribution in [1.82, 2.24) is 4.98 Å². The Bertz CT molecular complexity index is 1170. The third kappa shape index (κ3) is 3.59. The number of Topliss-reactive ketones (excluding diaryl/α,β-unsaturated/α-hetero) is 1. The summed E-state index contributed by atoms with van der Waals surface area (Å²) in [6, 6.07) is 21.9. The average Bonchev–Trinajstić information content (AvgIpc) is 2.79. The van der Waals surface area contributed by atoms with Gasteiger partial charge in [0.25, 0.3) is 0 Å². The molecule has 1 aliphatic heterocycles. The van der Waals surface area contributed by atoms with E-state index in [9.17, 15) is 9.59 Å². The summed E-state index contributed by atoms with van der Waals surface area (Å²) in [4.78, 5) is 33.0. The van der Waals surface area contributed by atoms with Crippen molar-refractivity contribution >= 4 is 17.4 Å². The molecule has 3 aromatic rings. The predicted octanol–water partition coefficient (Wildman–Crippen LogP) is 5.31. The molecule has 2 heterocycles. The lowest BCUT2D eigenvalue weighted by Crippen LogP contribution is -2.41. The van der Waals surface area contributed by atoms with Gasteiger partial charge >= 0.3 is 0 Å². The quantitative estimate of drug-likeness (QED) is 0.590. The first-order valence-corrected chi connectivity index (χ1v) is 10.7. The molecule has 154 valence electrons. The molecular formula is C27H24N2O2. The van der Waals surface area contributed by atoms with Gasteiger partial charge in [0.15, 0.2) is 5.78 Å². The normalized spacial score (nSPS) is 21.3. The number of rotatable bonds is 3. The van der Waals surface area contributed by atoms with Crippen LogP contribution in [0.25, 0.3) is 0 Å². The Morgan fingerprint density at radius 2 is 1.68 bits per heavy atom. The number of carbonyl (C=O) groups is 2. The van der Waals surface area contributed by atoms with Crippen LogP contribution in [0.2, 0.25) is 0 Å². The number of pyridine rings is 1. The number of amides is 1. The lowest BCUT2D eigenvalue weighted by Gasteiger charge is -2.40. The molecule has 2 atom stereocenters. The van der Waals surface area contributed by atoms with Crippen LogP contribution < -0.4 is 4.90 Å². The average molecular weight is 409 g/mol. The Morgan fingerprint density at radius 1 is 0.871 bits per heavy atom. The number of carbonyl (C=O) groups excluding carboxylic acids is 2. The fourth-order valence-electron chi connectivity index (χ4n) is 4.93. The van der Waals surface area contributed by atoms with Gasteiger partial charge in [0, 0.05) is 48.1 Å². The van der Waals surface area contributed by atoms with Crippen LogP contribution in [0.15, 0.2) is 90.4 Å². The van der Waals surface area contributed by atoms with Crippen molar-refractivity contribution in [2.24, 2.45) is 0 Å². The molecule has 1 aliphatic carbocycles. The molecule has 0 saturated heterocycles. The number of hydrogen-bond donors (Lipinski definition) is 0. The zero-order chi connectivity index (χ0) is 21.4. The van der Waals surface area contributed by atoms with Crippen molar-refractivity contribution in [1.29, 1.82) is 0 Å². The zero-order valence-corrected chi connectivity index (χ0v) is 17.5. The van der Waals surface area contributed by atoms with E-state index in [-0.39, 0.29) is 29.9 Å². The summed E-state index contributed by atoms with van der Waals surface area (Å²) in [5, 5.41) is 0. The van der Waals surface area contributed by atoms with E-state index >= 15 is 0 Å². The first-order chi connectivity index (χ1) is 15.1. The van der Waals surface area contributed by atoms with Crippen molar-refractivity contribution in [2.75, 3.05) is 4.90 Å². The second-order valence-electron chi connectivity index (χ2n) is 8.41. The summed E-state index contributed by atoms with van der Waals surface area (Å²) in [6.07, 6.45) is 4.91. The Hall–Kier alpha value is -3.53. The van der Waals surface area contributed by atoms with Gasteiger partial charge in [0.05, 0.1) is 0 Å². The van der Waals surface area contributed by atoms with Gasteiger partial charge in [0.2, 0.25) is 5.91 Å². The van der Waals surface area contributed by atoms with E-state index in [2.05, 4.69) is 17.1 Å².